The minimum absolute atomic E-state index is 0.0117. The Morgan fingerprint density at radius 3 is 2.21 bits per heavy atom. The van der Waals surface area contributed by atoms with Gasteiger partial charge < -0.3 is 5.32 Å². The van der Waals surface area contributed by atoms with E-state index in [9.17, 15) is 9.59 Å². The highest BCUT2D eigenvalue weighted by Gasteiger charge is 2.14. The lowest BCUT2D eigenvalue weighted by Gasteiger charge is -2.08. The molecule has 1 aliphatic rings. The van der Waals surface area contributed by atoms with Crippen molar-refractivity contribution in [2.24, 2.45) is 4.99 Å². The van der Waals surface area contributed by atoms with Gasteiger partial charge in [-0.25, -0.2) is 4.79 Å². The molecule has 0 unspecified atom stereocenters. The fraction of sp³-hybridized carbons (Fsp3) is 0.133. The highest BCUT2D eigenvalue weighted by molar-refractivity contribution is 6.23. The summed E-state index contributed by atoms with van der Waals surface area (Å²) < 4.78 is 0. The Morgan fingerprint density at radius 1 is 1.05 bits per heavy atom. The zero-order valence-corrected chi connectivity index (χ0v) is 10.8. The van der Waals surface area contributed by atoms with Crippen LogP contribution < -0.4 is 5.32 Å². The summed E-state index contributed by atoms with van der Waals surface area (Å²) in [4.78, 5) is 27.2. The number of rotatable bonds is 1. The molecule has 1 N–H and O–H groups in total. The summed E-state index contributed by atoms with van der Waals surface area (Å²) >= 11 is 0. The van der Waals surface area contributed by atoms with Gasteiger partial charge in [-0.2, -0.15) is 4.99 Å². The molecule has 2 amide bonds. The number of carbonyl (C=O) groups excluding carboxylic acids is 2. The van der Waals surface area contributed by atoms with E-state index in [0.29, 0.717) is 22.5 Å². The van der Waals surface area contributed by atoms with Gasteiger partial charge in [-0.05, 0) is 49.3 Å². The van der Waals surface area contributed by atoms with E-state index in [1.165, 1.54) is 0 Å². The third-order valence-electron chi connectivity index (χ3n) is 2.70. The van der Waals surface area contributed by atoms with Gasteiger partial charge in [0.05, 0.1) is 5.71 Å². The molecule has 0 saturated heterocycles. The van der Waals surface area contributed by atoms with Gasteiger partial charge in [0.1, 0.15) is 0 Å². The van der Waals surface area contributed by atoms with E-state index in [1.54, 1.807) is 38.1 Å². The Morgan fingerprint density at radius 2 is 1.63 bits per heavy atom. The minimum Gasteiger partial charge on any atom is -0.306 e. The van der Waals surface area contributed by atoms with Crippen molar-refractivity contribution in [1.29, 1.82) is 0 Å². The van der Waals surface area contributed by atoms with Crippen molar-refractivity contribution in [2.75, 3.05) is 5.32 Å². The fourth-order valence-corrected chi connectivity index (χ4v) is 1.78. The first-order chi connectivity index (χ1) is 9.06. The molecule has 0 saturated carbocycles. The lowest BCUT2D eigenvalue weighted by atomic mass is 9.98. The number of hydrogen-bond acceptors (Lipinski definition) is 2. The largest absolute Gasteiger partial charge is 0.345 e. The molecule has 0 fully saturated rings. The second kappa shape index (κ2) is 5.44. The lowest BCUT2D eigenvalue weighted by Crippen LogP contribution is -2.14. The second-order valence-electron chi connectivity index (χ2n) is 4.32. The molecule has 0 aliphatic heterocycles. The van der Waals surface area contributed by atoms with Crippen LogP contribution in [0.15, 0.2) is 58.6 Å². The van der Waals surface area contributed by atoms with Crippen LogP contribution >= 0.6 is 0 Å². The number of nitrogens with one attached hydrogen (secondary N) is 1. The van der Waals surface area contributed by atoms with Gasteiger partial charge in [-0.3, -0.25) is 4.79 Å². The molecule has 19 heavy (non-hydrogen) atoms. The summed E-state index contributed by atoms with van der Waals surface area (Å²) in [6.07, 6.45) is 3.22. The van der Waals surface area contributed by atoms with Crippen LogP contribution in [-0.4, -0.2) is 17.5 Å². The molecule has 96 valence electrons. The number of carbonyl (C=O) groups is 2. The summed E-state index contributed by atoms with van der Waals surface area (Å²) in [5.41, 5.74) is 2.35. The first-order valence-corrected chi connectivity index (χ1v) is 5.92. The van der Waals surface area contributed by atoms with Crippen LogP contribution in [0.1, 0.15) is 13.8 Å². The average molecular weight is 254 g/mol. The molecule has 0 heterocycles. The first-order valence-electron chi connectivity index (χ1n) is 5.92. The number of nitrogens with zero attached hydrogens (tertiary/aromatic N) is 1. The number of anilines is 1. The molecule has 1 aliphatic carbocycles. The monoisotopic (exact) mass is 254 g/mol. The fourth-order valence-electron chi connectivity index (χ4n) is 1.78. The number of amides is 2. The van der Waals surface area contributed by atoms with Crippen molar-refractivity contribution >= 4 is 23.2 Å². The van der Waals surface area contributed by atoms with Gasteiger partial charge in [0, 0.05) is 5.69 Å². The molecule has 4 nitrogen and oxygen atoms in total. The van der Waals surface area contributed by atoms with Crippen molar-refractivity contribution in [2.45, 2.75) is 13.8 Å². The molecule has 0 aromatic heterocycles. The summed E-state index contributed by atoms with van der Waals surface area (Å²) in [6.45, 7) is 3.42. The number of hydrogen-bond donors (Lipinski definition) is 1. The number of Topliss-reactive ketones (excluding diaryl/α,β-unsaturated/α-hetero) is 1. The normalized spacial score (nSPS) is 14.6. The average Bonchev–Trinajstić information content (AvgIpc) is 2.37. The third-order valence-corrected chi connectivity index (χ3v) is 2.70. The van der Waals surface area contributed by atoms with E-state index in [-0.39, 0.29) is 5.78 Å². The Bertz CT molecular complexity index is 586. The van der Waals surface area contributed by atoms with Gasteiger partial charge >= 0.3 is 6.03 Å². The van der Waals surface area contributed by atoms with Gasteiger partial charge in [-0.15, -0.1) is 0 Å². The Kier molecular flexibility index (Phi) is 3.71. The zero-order chi connectivity index (χ0) is 13.8. The molecular weight excluding hydrogens is 240 g/mol. The van der Waals surface area contributed by atoms with E-state index < -0.39 is 6.03 Å². The maximum absolute atomic E-state index is 11.7. The summed E-state index contributed by atoms with van der Waals surface area (Å²) in [7, 11) is 0. The highest BCUT2D eigenvalue weighted by Crippen LogP contribution is 2.13. The molecule has 1 aromatic rings. The van der Waals surface area contributed by atoms with Crippen LogP contribution in [0.2, 0.25) is 0 Å². The molecule has 2 rings (SSSR count). The first kappa shape index (κ1) is 13.0. The van der Waals surface area contributed by atoms with Crippen LogP contribution in [0.4, 0.5) is 10.5 Å². The predicted octanol–water partition coefficient (Wildman–Crippen LogP) is 3.13. The summed E-state index contributed by atoms with van der Waals surface area (Å²) in [5.74, 6) is -0.0117. The highest BCUT2D eigenvalue weighted by atomic mass is 16.2. The zero-order valence-electron chi connectivity index (χ0n) is 10.8. The van der Waals surface area contributed by atoms with Gasteiger partial charge in [-0.1, -0.05) is 18.2 Å². The topological polar surface area (TPSA) is 58.5 Å². The molecule has 1 aromatic carbocycles. The molecule has 0 bridgehead atoms. The van der Waals surface area contributed by atoms with Crippen molar-refractivity contribution < 1.29 is 9.59 Å². The van der Waals surface area contributed by atoms with Crippen molar-refractivity contribution in [3.05, 3.63) is 53.6 Å². The van der Waals surface area contributed by atoms with E-state index in [1.807, 2.05) is 18.2 Å². The van der Waals surface area contributed by atoms with Crippen LogP contribution in [0, 0.1) is 0 Å². The van der Waals surface area contributed by atoms with Crippen molar-refractivity contribution in [1.82, 2.24) is 0 Å². The molecule has 4 heteroatoms. The van der Waals surface area contributed by atoms with Crippen LogP contribution in [0.3, 0.4) is 0 Å². The maximum atomic E-state index is 11.7. The number of allylic oxidation sites excluding steroid dienone is 4. The van der Waals surface area contributed by atoms with Crippen LogP contribution in [-0.2, 0) is 4.79 Å². The van der Waals surface area contributed by atoms with Crippen molar-refractivity contribution in [3.63, 3.8) is 0 Å². The molecule has 0 atom stereocenters. The molecular formula is C15H14N2O2. The summed E-state index contributed by atoms with van der Waals surface area (Å²) in [5, 5.41) is 2.66. The van der Waals surface area contributed by atoms with E-state index in [0.717, 1.165) is 0 Å². The number of benzene rings is 1. The van der Waals surface area contributed by atoms with Crippen LogP contribution in [0.5, 0.6) is 0 Å². The predicted molar refractivity (Wildman–Crippen MR) is 75.4 cm³/mol. The third kappa shape index (κ3) is 3.25. The Hall–Kier alpha value is -2.49. The summed E-state index contributed by atoms with van der Waals surface area (Å²) in [6, 6.07) is 8.64. The van der Waals surface area contributed by atoms with Crippen LogP contribution in [0.25, 0.3) is 0 Å². The second-order valence-corrected chi connectivity index (χ2v) is 4.32. The number of urea groups is 1. The molecule has 0 radical (unpaired) electrons. The Balaban J connectivity index is 2.14. The number of ketones is 1. The van der Waals surface area contributed by atoms with E-state index in [2.05, 4.69) is 10.3 Å². The number of aliphatic imine (C=N–C) groups is 1. The Labute approximate surface area is 111 Å². The van der Waals surface area contributed by atoms with Gasteiger partial charge in [0.2, 0.25) is 0 Å². The van der Waals surface area contributed by atoms with Crippen molar-refractivity contribution in [3.8, 4) is 0 Å². The quantitative estimate of drug-likeness (QED) is 0.783. The van der Waals surface area contributed by atoms with E-state index >= 15 is 0 Å². The molecule has 0 spiro atoms. The smallest absolute Gasteiger partial charge is 0.306 e. The van der Waals surface area contributed by atoms with Gasteiger partial charge in [0.25, 0.3) is 0 Å². The van der Waals surface area contributed by atoms with E-state index in [4.69, 9.17) is 0 Å². The SMILES string of the molecule is CC1=CC(=NC(=O)Nc2ccccc2)C=C(C)C1=O. The van der Waals surface area contributed by atoms with Gasteiger partial charge in [0.15, 0.2) is 5.78 Å². The minimum atomic E-state index is -0.455. The maximum Gasteiger partial charge on any atom is 0.345 e. The standard InChI is InChI=1S/C15H14N2O2/c1-10-8-13(9-11(2)14(10)18)17-15(19)16-12-6-4-3-5-7-12/h3-9H,1-2H3,(H,16,19). The lowest BCUT2D eigenvalue weighted by molar-refractivity contribution is -0.112. The number of para-hydroxylation sites is 1.